The zero-order valence-corrected chi connectivity index (χ0v) is 12.6. The summed E-state index contributed by atoms with van der Waals surface area (Å²) >= 11 is 0. The Bertz CT molecular complexity index is 323. The van der Waals surface area contributed by atoms with Crippen LogP contribution in [0.2, 0.25) is 0 Å². The van der Waals surface area contributed by atoms with E-state index in [1.54, 1.807) is 4.90 Å². The fraction of sp³-hybridized carbons (Fsp3) is 0.857. The number of nitrogens with zero attached hydrogens (tertiary/aromatic N) is 1. The van der Waals surface area contributed by atoms with E-state index >= 15 is 0 Å². The fourth-order valence-electron chi connectivity index (χ4n) is 2.38. The lowest BCUT2D eigenvalue weighted by Gasteiger charge is -2.36. The number of morpholine rings is 1. The molecule has 0 spiro atoms. The number of carbonyl (C=O) groups excluding carboxylic acids is 2. The summed E-state index contributed by atoms with van der Waals surface area (Å²) in [4.78, 5) is 26.3. The first kappa shape index (κ1) is 16.9. The minimum absolute atomic E-state index is 0.0192. The molecule has 0 aromatic heterocycles. The van der Waals surface area contributed by atoms with Crippen molar-refractivity contribution in [2.45, 2.75) is 39.2 Å². The van der Waals surface area contributed by atoms with E-state index in [-0.39, 0.29) is 24.3 Å². The van der Waals surface area contributed by atoms with Crippen molar-refractivity contribution < 1.29 is 14.3 Å². The molecule has 0 aromatic rings. The van der Waals surface area contributed by atoms with Crippen molar-refractivity contribution in [1.29, 1.82) is 0 Å². The van der Waals surface area contributed by atoms with Crippen molar-refractivity contribution in [2.24, 2.45) is 11.7 Å². The molecule has 116 valence electrons. The van der Waals surface area contributed by atoms with Crippen molar-refractivity contribution in [3.05, 3.63) is 0 Å². The number of amides is 2. The maximum atomic E-state index is 12.5. The van der Waals surface area contributed by atoms with Crippen molar-refractivity contribution in [3.8, 4) is 0 Å². The average Bonchev–Trinajstić information content (AvgIpc) is 2.49. The highest BCUT2D eigenvalue weighted by atomic mass is 16.5. The molecule has 1 aliphatic heterocycles. The lowest BCUT2D eigenvalue weighted by molar-refractivity contribution is -0.151. The summed E-state index contributed by atoms with van der Waals surface area (Å²) in [6, 6.07) is -0.520. The van der Waals surface area contributed by atoms with Crippen LogP contribution in [0.3, 0.4) is 0 Å². The van der Waals surface area contributed by atoms with Crippen LogP contribution in [-0.4, -0.2) is 55.6 Å². The number of nitrogens with two attached hydrogens (primary N) is 1. The topological polar surface area (TPSA) is 84.7 Å². The van der Waals surface area contributed by atoms with E-state index in [1.807, 2.05) is 13.8 Å². The predicted molar refractivity (Wildman–Crippen MR) is 77.1 cm³/mol. The van der Waals surface area contributed by atoms with Crippen LogP contribution >= 0.6 is 0 Å². The van der Waals surface area contributed by atoms with Crippen LogP contribution in [0, 0.1) is 5.92 Å². The zero-order valence-electron chi connectivity index (χ0n) is 12.6. The molecule has 20 heavy (non-hydrogen) atoms. The van der Waals surface area contributed by atoms with Crippen LogP contribution in [0.25, 0.3) is 0 Å². The van der Waals surface area contributed by atoms with Gasteiger partial charge in [0.1, 0.15) is 6.04 Å². The second-order valence-electron chi connectivity index (χ2n) is 5.13. The first-order valence-electron chi connectivity index (χ1n) is 7.51. The first-order chi connectivity index (χ1) is 9.65. The van der Waals surface area contributed by atoms with E-state index in [0.717, 1.165) is 19.3 Å². The summed E-state index contributed by atoms with van der Waals surface area (Å²) in [7, 11) is 0. The van der Waals surface area contributed by atoms with E-state index in [4.69, 9.17) is 10.5 Å². The predicted octanol–water partition coefficient (Wildman–Crippen LogP) is 0.115. The van der Waals surface area contributed by atoms with Crippen LogP contribution in [0.15, 0.2) is 0 Å². The third-order valence-electron chi connectivity index (χ3n) is 3.53. The number of rotatable bonds is 7. The Balaban J connectivity index is 2.71. The third-order valence-corrected chi connectivity index (χ3v) is 3.53. The highest BCUT2D eigenvalue weighted by Gasteiger charge is 2.35. The lowest BCUT2D eigenvalue weighted by atomic mass is 10.0. The molecule has 1 heterocycles. The highest BCUT2D eigenvalue weighted by molar-refractivity contribution is 5.89. The Kier molecular flexibility index (Phi) is 7.54. The number of nitrogens with one attached hydrogen (secondary N) is 1. The molecule has 6 nitrogen and oxygen atoms in total. The summed E-state index contributed by atoms with van der Waals surface area (Å²) in [6.07, 6.45) is 2.54. The van der Waals surface area contributed by atoms with Crippen molar-refractivity contribution >= 4 is 11.8 Å². The second kappa shape index (κ2) is 8.92. The molecule has 2 amide bonds. The second-order valence-corrected chi connectivity index (χ2v) is 5.13. The van der Waals surface area contributed by atoms with Gasteiger partial charge in [-0.05, 0) is 12.8 Å². The number of carbonyl (C=O) groups is 2. The average molecular weight is 285 g/mol. The Morgan fingerprint density at radius 3 is 2.75 bits per heavy atom. The number of hydrogen-bond donors (Lipinski definition) is 2. The van der Waals surface area contributed by atoms with Gasteiger partial charge in [-0.25, -0.2) is 0 Å². The van der Waals surface area contributed by atoms with Gasteiger partial charge >= 0.3 is 0 Å². The Labute approximate surface area is 121 Å². The van der Waals surface area contributed by atoms with Gasteiger partial charge < -0.3 is 20.7 Å². The van der Waals surface area contributed by atoms with E-state index in [0.29, 0.717) is 26.2 Å². The maximum absolute atomic E-state index is 12.5. The van der Waals surface area contributed by atoms with E-state index in [9.17, 15) is 9.59 Å². The van der Waals surface area contributed by atoms with Gasteiger partial charge in [0, 0.05) is 19.6 Å². The van der Waals surface area contributed by atoms with Gasteiger partial charge in [-0.2, -0.15) is 0 Å². The van der Waals surface area contributed by atoms with Crippen molar-refractivity contribution in [1.82, 2.24) is 10.2 Å². The van der Waals surface area contributed by atoms with E-state index in [2.05, 4.69) is 5.32 Å². The molecule has 1 aliphatic rings. The molecule has 3 N–H and O–H groups in total. The molecular weight excluding hydrogens is 258 g/mol. The van der Waals surface area contributed by atoms with Gasteiger partial charge in [-0.3, -0.25) is 9.59 Å². The lowest BCUT2D eigenvalue weighted by Crippen LogP contribution is -2.57. The molecular formula is C14H27N3O3. The van der Waals surface area contributed by atoms with Gasteiger partial charge in [0.15, 0.2) is 0 Å². The number of hydrogen-bond acceptors (Lipinski definition) is 4. The Hall–Kier alpha value is -1.14. The summed E-state index contributed by atoms with van der Waals surface area (Å²) in [5, 5.41) is 2.83. The van der Waals surface area contributed by atoms with E-state index in [1.165, 1.54) is 0 Å². The maximum Gasteiger partial charge on any atom is 0.245 e. The van der Waals surface area contributed by atoms with Gasteiger partial charge in [0.2, 0.25) is 11.8 Å². The number of ether oxygens (including phenoxy) is 1. The van der Waals surface area contributed by atoms with Gasteiger partial charge in [-0.15, -0.1) is 0 Å². The van der Waals surface area contributed by atoms with Crippen LogP contribution in [0.4, 0.5) is 0 Å². The first-order valence-corrected chi connectivity index (χ1v) is 7.51. The molecule has 1 fully saturated rings. The van der Waals surface area contributed by atoms with Gasteiger partial charge in [0.25, 0.3) is 0 Å². The van der Waals surface area contributed by atoms with Crippen LogP contribution < -0.4 is 11.1 Å². The standard InChI is InChI=1S/C14H27N3O3/c1-3-5-11(9-15)14(19)17-7-8-20-10-12(17)13(18)16-6-4-2/h11-12H,3-10,15H2,1-2H3,(H,16,18). The fourth-order valence-corrected chi connectivity index (χ4v) is 2.38. The molecule has 2 unspecified atom stereocenters. The molecule has 0 aromatic carbocycles. The smallest absolute Gasteiger partial charge is 0.245 e. The van der Waals surface area contributed by atoms with Crippen LogP contribution in [-0.2, 0) is 14.3 Å². The zero-order chi connectivity index (χ0) is 15.0. The van der Waals surface area contributed by atoms with E-state index < -0.39 is 6.04 Å². The van der Waals surface area contributed by atoms with Gasteiger partial charge in [0.05, 0.1) is 19.1 Å². The normalized spacial score (nSPS) is 20.6. The van der Waals surface area contributed by atoms with Crippen LogP contribution in [0.5, 0.6) is 0 Å². The summed E-state index contributed by atoms with van der Waals surface area (Å²) in [5.74, 6) is -0.346. The SMILES string of the molecule is CCCNC(=O)C1COCCN1C(=O)C(CN)CCC. The molecule has 1 saturated heterocycles. The highest BCUT2D eigenvalue weighted by Crippen LogP contribution is 2.15. The molecule has 0 saturated carbocycles. The minimum Gasteiger partial charge on any atom is -0.377 e. The Morgan fingerprint density at radius 2 is 2.15 bits per heavy atom. The molecule has 6 heteroatoms. The molecule has 0 radical (unpaired) electrons. The molecule has 1 rings (SSSR count). The molecule has 0 aliphatic carbocycles. The summed E-state index contributed by atoms with van der Waals surface area (Å²) in [6.45, 7) is 6.17. The largest absolute Gasteiger partial charge is 0.377 e. The monoisotopic (exact) mass is 285 g/mol. The minimum atomic E-state index is -0.520. The quantitative estimate of drug-likeness (QED) is 0.695. The third kappa shape index (κ3) is 4.45. The van der Waals surface area contributed by atoms with Crippen LogP contribution in [0.1, 0.15) is 33.1 Å². The van der Waals surface area contributed by atoms with Gasteiger partial charge in [-0.1, -0.05) is 20.3 Å². The Morgan fingerprint density at radius 1 is 1.40 bits per heavy atom. The molecule has 2 atom stereocenters. The van der Waals surface area contributed by atoms with Crippen molar-refractivity contribution in [2.75, 3.05) is 32.8 Å². The van der Waals surface area contributed by atoms with Crippen molar-refractivity contribution in [3.63, 3.8) is 0 Å². The summed E-state index contributed by atoms with van der Waals surface area (Å²) in [5.41, 5.74) is 5.69. The molecule has 0 bridgehead atoms. The summed E-state index contributed by atoms with van der Waals surface area (Å²) < 4.78 is 5.35.